The first-order valence-corrected chi connectivity index (χ1v) is 7.03. The number of pyridine rings is 1. The molecule has 0 unspecified atom stereocenters. The van der Waals surface area contributed by atoms with Gasteiger partial charge in [0.15, 0.2) is 0 Å². The smallest absolute Gasteiger partial charge is 0.209 e. The van der Waals surface area contributed by atoms with Gasteiger partial charge in [0.1, 0.15) is 5.82 Å². The maximum atomic E-state index is 13.3. The van der Waals surface area contributed by atoms with Crippen LogP contribution in [-0.4, -0.2) is 10.2 Å². The number of halogens is 1. The molecular formula is C19H12FNO. The van der Waals surface area contributed by atoms with Crippen LogP contribution in [0.25, 0.3) is 16.3 Å². The summed E-state index contributed by atoms with van der Waals surface area (Å²) in [6.45, 7) is 0. The van der Waals surface area contributed by atoms with Crippen LogP contribution in [0.15, 0.2) is 72.9 Å². The van der Waals surface area contributed by atoms with E-state index in [1.807, 2.05) is 47.0 Å². The van der Waals surface area contributed by atoms with Crippen LogP contribution in [0, 0.1) is 5.82 Å². The molecule has 2 aromatic heterocycles. The van der Waals surface area contributed by atoms with Crippen molar-refractivity contribution in [3.8, 4) is 0 Å². The van der Waals surface area contributed by atoms with Gasteiger partial charge in [-0.2, -0.15) is 0 Å². The Bertz CT molecular complexity index is 1020. The second kappa shape index (κ2) is 4.81. The minimum Gasteiger partial charge on any atom is -0.313 e. The number of carbonyl (C=O) groups excluding carboxylic acids is 1. The molecular weight excluding hydrogens is 277 g/mol. The summed E-state index contributed by atoms with van der Waals surface area (Å²) < 4.78 is 15.2. The molecule has 2 aromatic carbocycles. The third-order valence-corrected chi connectivity index (χ3v) is 3.88. The van der Waals surface area contributed by atoms with E-state index < -0.39 is 5.82 Å². The molecule has 0 aliphatic heterocycles. The van der Waals surface area contributed by atoms with Crippen molar-refractivity contribution in [2.45, 2.75) is 0 Å². The Morgan fingerprint density at radius 3 is 2.64 bits per heavy atom. The predicted molar refractivity (Wildman–Crippen MR) is 84.7 cm³/mol. The molecule has 3 heteroatoms. The van der Waals surface area contributed by atoms with Crippen LogP contribution in [0.3, 0.4) is 0 Å². The lowest BCUT2D eigenvalue weighted by molar-refractivity contribution is 0.103. The number of nitrogens with zero attached hydrogens (tertiary/aromatic N) is 1. The van der Waals surface area contributed by atoms with Crippen molar-refractivity contribution in [3.63, 3.8) is 0 Å². The lowest BCUT2D eigenvalue weighted by atomic mass is 10.1. The fraction of sp³-hybridized carbons (Fsp3) is 0. The highest BCUT2D eigenvalue weighted by atomic mass is 19.1. The van der Waals surface area contributed by atoms with Crippen LogP contribution in [0.5, 0.6) is 0 Å². The van der Waals surface area contributed by atoms with Crippen molar-refractivity contribution < 1.29 is 9.18 Å². The number of benzene rings is 2. The van der Waals surface area contributed by atoms with Crippen molar-refractivity contribution in [2.24, 2.45) is 0 Å². The zero-order valence-electron chi connectivity index (χ0n) is 11.7. The first kappa shape index (κ1) is 12.8. The zero-order valence-corrected chi connectivity index (χ0v) is 11.7. The van der Waals surface area contributed by atoms with Gasteiger partial charge in [0.2, 0.25) is 5.78 Å². The average molecular weight is 289 g/mol. The number of hydrogen-bond donors (Lipinski definition) is 0. The van der Waals surface area contributed by atoms with E-state index in [1.54, 1.807) is 18.2 Å². The quantitative estimate of drug-likeness (QED) is 0.499. The summed E-state index contributed by atoms with van der Waals surface area (Å²) in [5.74, 6) is -0.591. The molecule has 0 bridgehead atoms. The van der Waals surface area contributed by atoms with Crippen LogP contribution in [0.1, 0.15) is 16.1 Å². The van der Waals surface area contributed by atoms with E-state index in [0.717, 1.165) is 16.3 Å². The van der Waals surface area contributed by atoms with E-state index in [1.165, 1.54) is 12.1 Å². The van der Waals surface area contributed by atoms with Crippen molar-refractivity contribution in [1.29, 1.82) is 0 Å². The number of carbonyl (C=O) groups is 1. The third-order valence-electron chi connectivity index (χ3n) is 3.88. The van der Waals surface area contributed by atoms with Gasteiger partial charge in [-0.05, 0) is 35.7 Å². The second-order valence-electron chi connectivity index (χ2n) is 5.22. The van der Waals surface area contributed by atoms with Crippen molar-refractivity contribution in [1.82, 2.24) is 4.40 Å². The highest BCUT2D eigenvalue weighted by Crippen LogP contribution is 2.23. The zero-order chi connectivity index (χ0) is 15.1. The summed E-state index contributed by atoms with van der Waals surface area (Å²) in [5.41, 5.74) is 1.86. The minimum absolute atomic E-state index is 0.185. The van der Waals surface area contributed by atoms with Crippen LogP contribution in [-0.2, 0) is 0 Å². The van der Waals surface area contributed by atoms with Crippen molar-refractivity contribution in [3.05, 3.63) is 90.0 Å². The van der Waals surface area contributed by atoms with Gasteiger partial charge in [-0.15, -0.1) is 0 Å². The lowest BCUT2D eigenvalue weighted by Gasteiger charge is -2.05. The van der Waals surface area contributed by atoms with Crippen molar-refractivity contribution >= 4 is 22.1 Å². The van der Waals surface area contributed by atoms with Crippen LogP contribution in [0.4, 0.5) is 4.39 Å². The van der Waals surface area contributed by atoms with Crippen LogP contribution in [0.2, 0.25) is 0 Å². The predicted octanol–water partition coefficient (Wildman–Crippen LogP) is 4.46. The highest BCUT2D eigenvalue weighted by Gasteiger charge is 2.14. The van der Waals surface area contributed by atoms with Gasteiger partial charge in [-0.1, -0.05) is 36.4 Å². The molecule has 0 amide bonds. The van der Waals surface area contributed by atoms with E-state index in [4.69, 9.17) is 0 Å². The Hall–Kier alpha value is -2.94. The van der Waals surface area contributed by atoms with Crippen molar-refractivity contribution in [2.75, 3.05) is 0 Å². The van der Waals surface area contributed by atoms with E-state index >= 15 is 0 Å². The van der Waals surface area contributed by atoms with Gasteiger partial charge in [-0.25, -0.2) is 4.39 Å². The molecule has 0 spiro atoms. The number of aromatic nitrogens is 1. The molecule has 4 aromatic rings. The van der Waals surface area contributed by atoms with Gasteiger partial charge < -0.3 is 4.40 Å². The van der Waals surface area contributed by atoms with E-state index in [2.05, 4.69) is 0 Å². The van der Waals surface area contributed by atoms with Gasteiger partial charge in [-0.3, -0.25) is 4.79 Å². The average Bonchev–Trinajstić information content (AvgIpc) is 2.98. The number of ketones is 1. The Balaban J connectivity index is 1.93. The molecule has 0 saturated carbocycles. The molecule has 2 nitrogen and oxygen atoms in total. The first-order chi connectivity index (χ1) is 10.7. The number of rotatable bonds is 2. The molecule has 106 valence electrons. The van der Waals surface area contributed by atoms with E-state index in [0.29, 0.717) is 11.3 Å². The number of fused-ring (bicyclic) bond motifs is 3. The molecule has 0 saturated heterocycles. The topological polar surface area (TPSA) is 21.5 Å². The molecule has 0 N–H and O–H groups in total. The second-order valence-corrected chi connectivity index (χ2v) is 5.22. The first-order valence-electron chi connectivity index (χ1n) is 7.03. The number of hydrogen-bond acceptors (Lipinski definition) is 1. The maximum Gasteiger partial charge on any atom is 0.209 e. The third kappa shape index (κ3) is 1.91. The largest absolute Gasteiger partial charge is 0.313 e. The summed E-state index contributed by atoms with van der Waals surface area (Å²) in [5, 5.41) is 2.21. The standard InChI is InChI=1S/C19H12FNO/c20-15-6-3-5-14(12-15)19(22)18-9-8-17-16-7-2-1-4-13(16)10-11-21(17)18/h1-12H. The highest BCUT2D eigenvalue weighted by molar-refractivity contribution is 6.09. The van der Waals surface area contributed by atoms with Gasteiger partial charge in [0.05, 0.1) is 11.2 Å². The summed E-state index contributed by atoms with van der Waals surface area (Å²) in [6.07, 6.45) is 1.88. The Labute approximate surface area is 126 Å². The normalized spacial score (nSPS) is 11.1. The molecule has 0 aliphatic rings. The fourth-order valence-electron chi connectivity index (χ4n) is 2.82. The fourth-order valence-corrected chi connectivity index (χ4v) is 2.82. The Morgan fingerprint density at radius 1 is 0.909 bits per heavy atom. The monoisotopic (exact) mass is 289 g/mol. The van der Waals surface area contributed by atoms with Gasteiger partial charge in [0.25, 0.3) is 0 Å². The minimum atomic E-state index is -0.405. The van der Waals surface area contributed by atoms with Gasteiger partial charge >= 0.3 is 0 Å². The summed E-state index contributed by atoms with van der Waals surface area (Å²) >= 11 is 0. The van der Waals surface area contributed by atoms with Gasteiger partial charge in [0, 0.05) is 17.1 Å². The molecule has 4 rings (SSSR count). The van der Waals surface area contributed by atoms with E-state index in [-0.39, 0.29) is 5.78 Å². The van der Waals surface area contributed by atoms with Crippen LogP contribution < -0.4 is 0 Å². The molecule has 0 radical (unpaired) electrons. The Morgan fingerprint density at radius 2 is 1.77 bits per heavy atom. The lowest BCUT2D eigenvalue weighted by Crippen LogP contribution is -2.05. The summed E-state index contributed by atoms with van der Waals surface area (Å²) in [6, 6.07) is 19.5. The van der Waals surface area contributed by atoms with Crippen LogP contribution >= 0.6 is 0 Å². The Kier molecular flexibility index (Phi) is 2.79. The molecule has 0 aliphatic carbocycles. The summed E-state index contributed by atoms with van der Waals surface area (Å²) in [7, 11) is 0. The SMILES string of the molecule is O=C(c1cccc(F)c1)c1ccc2c3ccccc3ccn12. The molecule has 22 heavy (non-hydrogen) atoms. The maximum absolute atomic E-state index is 13.3. The molecule has 2 heterocycles. The molecule has 0 fully saturated rings. The molecule has 0 atom stereocenters. The summed E-state index contributed by atoms with van der Waals surface area (Å²) in [4.78, 5) is 12.6. The van der Waals surface area contributed by atoms with E-state index in [9.17, 15) is 9.18 Å².